The van der Waals surface area contributed by atoms with E-state index in [4.69, 9.17) is 4.74 Å². The topological polar surface area (TPSA) is 45.7 Å². The molecule has 0 aromatic heterocycles. The molecule has 0 bridgehead atoms. The Balaban J connectivity index is 0.00000288. The van der Waals surface area contributed by atoms with Gasteiger partial charge in [-0.2, -0.15) is 0 Å². The van der Waals surface area contributed by atoms with Crippen LogP contribution in [0.2, 0.25) is 0 Å². The van der Waals surface area contributed by atoms with Crippen LogP contribution in [0.5, 0.6) is 5.75 Å². The van der Waals surface area contributed by atoms with E-state index in [2.05, 4.69) is 40.4 Å². The molecule has 2 N–H and O–H groups in total. The predicted molar refractivity (Wildman–Crippen MR) is 111 cm³/mol. The molecule has 0 heterocycles. The third-order valence-corrected chi connectivity index (χ3v) is 3.24. The normalized spacial score (nSPS) is 10.5. The molecule has 0 radical (unpaired) electrons. The van der Waals surface area contributed by atoms with Gasteiger partial charge in [0.15, 0.2) is 5.96 Å². The zero-order valence-electron chi connectivity index (χ0n) is 13.9. The van der Waals surface area contributed by atoms with Gasteiger partial charge in [-0.1, -0.05) is 48.5 Å². The Labute approximate surface area is 161 Å². The van der Waals surface area contributed by atoms with Crippen molar-refractivity contribution in [1.29, 1.82) is 0 Å². The minimum Gasteiger partial charge on any atom is -0.489 e. The van der Waals surface area contributed by atoms with Gasteiger partial charge in [0.05, 0.1) is 0 Å². The molecule has 0 spiro atoms. The summed E-state index contributed by atoms with van der Waals surface area (Å²) in [6.45, 7) is 5.61. The van der Waals surface area contributed by atoms with Gasteiger partial charge in [-0.15, -0.1) is 30.6 Å². The Kier molecular flexibility index (Phi) is 9.60. The van der Waals surface area contributed by atoms with E-state index in [1.54, 1.807) is 13.1 Å². The van der Waals surface area contributed by atoms with Crippen molar-refractivity contribution >= 4 is 29.9 Å². The molecule has 0 atom stereocenters. The molecule has 24 heavy (non-hydrogen) atoms. The fraction of sp³-hybridized carbons (Fsp3) is 0.211. The van der Waals surface area contributed by atoms with E-state index in [0.29, 0.717) is 19.7 Å². The molecular weight excluding hydrogens is 413 g/mol. The van der Waals surface area contributed by atoms with Gasteiger partial charge in [0.2, 0.25) is 0 Å². The molecule has 0 aliphatic heterocycles. The van der Waals surface area contributed by atoms with Crippen LogP contribution >= 0.6 is 24.0 Å². The summed E-state index contributed by atoms with van der Waals surface area (Å²) in [6, 6.07) is 18.2. The van der Waals surface area contributed by atoms with Gasteiger partial charge in [-0.05, 0) is 23.3 Å². The van der Waals surface area contributed by atoms with Crippen LogP contribution in [0.4, 0.5) is 0 Å². The van der Waals surface area contributed by atoms with Gasteiger partial charge >= 0.3 is 0 Å². The first-order valence-electron chi connectivity index (χ1n) is 7.63. The maximum Gasteiger partial charge on any atom is 0.191 e. The number of hydrogen-bond donors (Lipinski definition) is 2. The van der Waals surface area contributed by atoms with Crippen LogP contribution < -0.4 is 15.4 Å². The van der Waals surface area contributed by atoms with Crippen LogP contribution in [0.1, 0.15) is 11.1 Å². The van der Waals surface area contributed by atoms with E-state index in [0.717, 1.165) is 22.8 Å². The Morgan fingerprint density at radius 3 is 2.54 bits per heavy atom. The van der Waals surface area contributed by atoms with Crippen molar-refractivity contribution in [1.82, 2.24) is 10.6 Å². The summed E-state index contributed by atoms with van der Waals surface area (Å²) >= 11 is 0. The molecule has 0 saturated carbocycles. The largest absolute Gasteiger partial charge is 0.489 e. The highest BCUT2D eigenvalue weighted by Gasteiger charge is 2.00. The lowest BCUT2D eigenvalue weighted by Gasteiger charge is -2.12. The Morgan fingerprint density at radius 1 is 1.08 bits per heavy atom. The molecule has 2 rings (SSSR count). The van der Waals surface area contributed by atoms with Crippen LogP contribution in [0.3, 0.4) is 0 Å². The van der Waals surface area contributed by atoms with E-state index in [1.165, 1.54) is 0 Å². The summed E-state index contributed by atoms with van der Waals surface area (Å²) in [5.74, 6) is 1.61. The minimum atomic E-state index is 0. The zero-order valence-corrected chi connectivity index (χ0v) is 16.2. The van der Waals surface area contributed by atoms with Crippen molar-refractivity contribution in [2.75, 3.05) is 13.6 Å². The second kappa shape index (κ2) is 11.5. The predicted octanol–water partition coefficient (Wildman–Crippen LogP) is 3.73. The summed E-state index contributed by atoms with van der Waals surface area (Å²) in [5.41, 5.74) is 2.29. The molecule has 5 heteroatoms. The van der Waals surface area contributed by atoms with Gasteiger partial charge in [-0.3, -0.25) is 4.99 Å². The van der Waals surface area contributed by atoms with Crippen LogP contribution in [-0.4, -0.2) is 19.6 Å². The SMILES string of the molecule is C=CCNC(=NC)NCc1cccc(OCc2ccccc2)c1.I. The standard InChI is InChI=1S/C19H23N3O.HI/c1-3-12-21-19(20-2)22-14-17-10-7-11-18(13-17)23-15-16-8-5-4-6-9-16;/h3-11,13H,1,12,14-15H2,2H3,(H2,20,21,22);1H. The molecule has 0 saturated heterocycles. The van der Waals surface area contributed by atoms with Gasteiger partial charge in [0, 0.05) is 20.1 Å². The van der Waals surface area contributed by atoms with Gasteiger partial charge in [-0.25, -0.2) is 0 Å². The first kappa shape index (κ1) is 20.0. The summed E-state index contributed by atoms with van der Waals surface area (Å²) < 4.78 is 5.84. The van der Waals surface area contributed by atoms with Crippen molar-refractivity contribution in [3.63, 3.8) is 0 Å². The molecular formula is C19H24IN3O. The van der Waals surface area contributed by atoms with Crippen LogP contribution in [0, 0.1) is 0 Å². The maximum absolute atomic E-state index is 5.84. The Morgan fingerprint density at radius 2 is 1.83 bits per heavy atom. The van der Waals surface area contributed by atoms with Gasteiger partial charge in [0.1, 0.15) is 12.4 Å². The minimum absolute atomic E-state index is 0. The molecule has 0 unspecified atom stereocenters. The molecule has 0 aliphatic carbocycles. The van der Waals surface area contributed by atoms with E-state index in [9.17, 15) is 0 Å². The number of rotatable bonds is 7. The second-order valence-electron chi connectivity index (χ2n) is 5.02. The first-order chi connectivity index (χ1) is 11.3. The quantitative estimate of drug-likeness (QED) is 0.300. The smallest absolute Gasteiger partial charge is 0.191 e. The number of ether oxygens (including phenoxy) is 1. The second-order valence-corrected chi connectivity index (χ2v) is 5.02. The van der Waals surface area contributed by atoms with Crippen molar-refractivity contribution in [3.05, 3.63) is 78.4 Å². The molecule has 0 fully saturated rings. The zero-order chi connectivity index (χ0) is 16.3. The average Bonchev–Trinajstić information content (AvgIpc) is 2.61. The Bertz CT molecular complexity index is 644. The van der Waals surface area contributed by atoms with Crippen molar-refractivity contribution in [3.8, 4) is 5.75 Å². The summed E-state index contributed by atoms with van der Waals surface area (Å²) in [4.78, 5) is 4.15. The van der Waals surface area contributed by atoms with Gasteiger partial charge < -0.3 is 15.4 Å². The maximum atomic E-state index is 5.84. The van der Waals surface area contributed by atoms with E-state index < -0.39 is 0 Å². The molecule has 0 amide bonds. The third-order valence-electron chi connectivity index (χ3n) is 3.24. The summed E-state index contributed by atoms with van der Waals surface area (Å²) in [5, 5.41) is 6.40. The number of benzene rings is 2. The summed E-state index contributed by atoms with van der Waals surface area (Å²) in [7, 11) is 1.75. The lowest BCUT2D eigenvalue weighted by atomic mass is 10.2. The highest BCUT2D eigenvalue weighted by molar-refractivity contribution is 14.0. The van der Waals surface area contributed by atoms with Crippen LogP contribution in [0.25, 0.3) is 0 Å². The lowest BCUT2D eigenvalue weighted by Crippen LogP contribution is -2.36. The van der Waals surface area contributed by atoms with Crippen molar-refractivity contribution in [2.45, 2.75) is 13.2 Å². The van der Waals surface area contributed by atoms with Gasteiger partial charge in [0.25, 0.3) is 0 Å². The van der Waals surface area contributed by atoms with E-state index >= 15 is 0 Å². The number of nitrogens with one attached hydrogen (secondary N) is 2. The Hall–Kier alpha value is -2.02. The summed E-state index contributed by atoms with van der Waals surface area (Å²) in [6.07, 6.45) is 1.80. The van der Waals surface area contributed by atoms with E-state index in [1.807, 2.05) is 36.4 Å². The average molecular weight is 437 g/mol. The van der Waals surface area contributed by atoms with E-state index in [-0.39, 0.29) is 24.0 Å². The third kappa shape index (κ3) is 7.04. The van der Waals surface area contributed by atoms with Crippen molar-refractivity contribution < 1.29 is 4.74 Å². The van der Waals surface area contributed by atoms with Crippen LogP contribution in [0.15, 0.2) is 72.2 Å². The molecule has 4 nitrogen and oxygen atoms in total. The van der Waals surface area contributed by atoms with Crippen molar-refractivity contribution in [2.24, 2.45) is 4.99 Å². The number of nitrogens with zero attached hydrogens (tertiary/aromatic N) is 1. The highest BCUT2D eigenvalue weighted by atomic mass is 127. The number of hydrogen-bond acceptors (Lipinski definition) is 2. The van der Waals surface area contributed by atoms with Crippen LogP contribution in [-0.2, 0) is 13.2 Å². The molecule has 2 aromatic rings. The first-order valence-corrected chi connectivity index (χ1v) is 7.63. The lowest BCUT2D eigenvalue weighted by molar-refractivity contribution is 0.306. The molecule has 0 aliphatic rings. The monoisotopic (exact) mass is 437 g/mol. The molecule has 128 valence electrons. The highest BCUT2D eigenvalue weighted by Crippen LogP contribution is 2.15. The molecule has 2 aromatic carbocycles. The number of guanidine groups is 1. The number of halogens is 1. The fourth-order valence-electron chi connectivity index (χ4n) is 2.06. The fourth-order valence-corrected chi connectivity index (χ4v) is 2.06. The number of aliphatic imine (C=N–C) groups is 1.